The van der Waals surface area contributed by atoms with Crippen LogP contribution in [0.3, 0.4) is 0 Å². The van der Waals surface area contributed by atoms with Crippen molar-refractivity contribution >= 4 is 23.0 Å². The summed E-state index contributed by atoms with van der Waals surface area (Å²) in [5, 5.41) is 0. The van der Waals surface area contributed by atoms with E-state index in [9.17, 15) is 4.79 Å². The molecule has 1 unspecified atom stereocenters. The van der Waals surface area contributed by atoms with Crippen LogP contribution in [0.25, 0.3) is 5.70 Å². The van der Waals surface area contributed by atoms with E-state index in [0.717, 1.165) is 29.2 Å². The van der Waals surface area contributed by atoms with Crippen LogP contribution >= 0.6 is 0 Å². The molecule has 3 aromatic carbocycles. The summed E-state index contributed by atoms with van der Waals surface area (Å²) in [6.45, 7) is 4.63. The molecule has 28 heavy (non-hydrogen) atoms. The lowest BCUT2D eigenvalue weighted by molar-refractivity contribution is -0.115. The molecule has 1 heterocycles. The Morgan fingerprint density at radius 3 is 2.18 bits per heavy atom. The van der Waals surface area contributed by atoms with Gasteiger partial charge in [0.1, 0.15) is 0 Å². The first-order valence-electron chi connectivity index (χ1n) is 9.62. The van der Waals surface area contributed by atoms with Gasteiger partial charge in [-0.15, -0.1) is 0 Å². The van der Waals surface area contributed by atoms with E-state index in [4.69, 9.17) is 0 Å². The summed E-state index contributed by atoms with van der Waals surface area (Å²) in [6.07, 6.45) is 2.19. The van der Waals surface area contributed by atoms with E-state index in [2.05, 4.69) is 60.4 Å². The van der Waals surface area contributed by atoms with E-state index in [1.807, 2.05) is 47.4 Å². The first kappa shape index (κ1) is 18.1. The number of nitrogens with zero attached hydrogens (tertiary/aromatic N) is 2. The van der Waals surface area contributed by atoms with Gasteiger partial charge in [-0.2, -0.15) is 0 Å². The maximum Gasteiger partial charge on any atom is 0.228 e. The zero-order chi connectivity index (χ0) is 19.5. The molecular weight excluding hydrogens is 344 g/mol. The third-order valence-electron chi connectivity index (χ3n) is 5.15. The first-order chi connectivity index (χ1) is 13.6. The lowest BCUT2D eigenvalue weighted by Gasteiger charge is -2.38. The molecule has 0 bridgehead atoms. The average Bonchev–Trinajstić information content (AvgIpc) is 2.72. The van der Waals surface area contributed by atoms with Gasteiger partial charge in [0.25, 0.3) is 0 Å². The standard InChI is InChI=1S/C25H24N2O/c1-19-17-25(27(20(2)28)22-13-7-4-8-14-22)23-15-9-10-16-24(23)26(19)18-21-11-5-3-6-12-21/h3-17,19H,18H2,1-2H3. The topological polar surface area (TPSA) is 23.6 Å². The minimum atomic E-state index is 0.0102. The molecule has 1 amide bonds. The predicted molar refractivity (Wildman–Crippen MR) is 116 cm³/mol. The zero-order valence-corrected chi connectivity index (χ0v) is 16.2. The molecule has 0 N–H and O–H groups in total. The molecule has 0 radical (unpaired) electrons. The average molecular weight is 368 g/mol. The van der Waals surface area contributed by atoms with E-state index in [-0.39, 0.29) is 11.9 Å². The highest BCUT2D eigenvalue weighted by atomic mass is 16.2. The molecule has 3 nitrogen and oxygen atoms in total. The smallest absolute Gasteiger partial charge is 0.228 e. The van der Waals surface area contributed by atoms with Crippen LogP contribution in [-0.4, -0.2) is 11.9 Å². The van der Waals surface area contributed by atoms with Gasteiger partial charge in [0.05, 0.1) is 5.70 Å². The van der Waals surface area contributed by atoms with Crippen LogP contribution < -0.4 is 9.80 Å². The van der Waals surface area contributed by atoms with Crippen LogP contribution in [0.15, 0.2) is 91.0 Å². The Balaban J connectivity index is 1.78. The summed E-state index contributed by atoms with van der Waals surface area (Å²) in [7, 11) is 0. The molecule has 0 aromatic heterocycles. The molecular formula is C25H24N2O. The fourth-order valence-corrected chi connectivity index (χ4v) is 3.84. The summed E-state index contributed by atoms with van der Waals surface area (Å²) in [4.78, 5) is 16.8. The number of benzene rings is 3. The number of amides is 1. The largest absolute Gasteiger partial charge is 0.360 e. The van der Waals surface area contributed by atoms with Crippen molar-refractivity contribution in [3.63, 3.8) is 0 Å². The van der Waals surface area contributed by atoms with E-state index < -0.39 is 0 Å². The van der Waals surface area contributed by atoms with Crippen molar-refractivity contribution in [2.75, 3.05) is 9.80 Å². The van der Waals surface area contributed by atoms with Crippen LogP contribution in [0.2, 0.25) is 0 Å². The second-order valence-electron chi connectivity index (χ2n) is 7.11. The van der Waals surface area contributed by atoms with Gasteiger partial charge >= 0.3 is 0 Å². The van der Waals surface area contributed by atoms with Crippen LogP contribution in [0, 0.1) is 0 Å². The zero-order valence-electron chi connectivity index (χ0n) is 16.2. The van der Waals surface area contributed by atoms with Crippen molar-refractivity contribution < 1.29 is 4.79 Å². The second kappa shape index (κ2) is 7.73. The molecule has 3 aromatic rings. The Kier molecular flexibility index (Phi) is 4.98. The Bertz CT molecular complexity index is 995. The molecule has 3 heteroatoms. The van der Waals surface area contributed by atoms with Gasteiger partial charge in [0, 0.05) is 36.4 Å². The molecule has 0 spiro atoms. The van der Waals surface area contributed by atoms with Crippen molar-refractivity contribution in [3.05, 3.63) is 102 Å². The number of carbonyl (C=O) groups excluding carboxylic acids is 1. The molecule has 0 fully saturated rings. The predicted octanol–water partition coefficient (Wildman–Crippen LogP) is 5.49. The highest BCUT2D eigenvalue weighted by Gasteiger charge is 2.28. The van der Waals surface area contributed by atoms with E-state index in [1.165, 1.54) is 5.56 Å². The van der Waals surface area contributed by atoms with Gasteiger partial charge in [0.2, 0.25) is 5.91 Å². The summed E-state index contributed by atoms with van der Waals surface area (Å²) in [6, 6.07) is 28.9. The molecule has 140 valence electrons. The molecule has 1 atom stereocenters. The Labute approximate surface area is 166 Å². The number of fused-ring (bicyclic) bond motifs is 1. The van der Waals surface area contributed by atoms with Crippen LogP contribution in [0.1, 0.15) is 25.0 Å². The molecule has 0 aliphatic carbocycles. The number of para-hydroxylation sites is 2. The Hall–Kier alpha value is -3.33. The van der Waals surface area contributed by atoms with E-state index >= 15 is 0 Å². The van der Waals surface area contributed by atoms with Crippen LogP contribution in [0.4, 0.5) is 11.4 Å². The molecule has 1 aliphatic rings. The summed E-state index contributed by atoms with van der Waals surface area (Å²) in [5.74, 6) is 0.0102. The second-order valence-corrected chi connectivity index (χ2v) is 7.11. The third-order valence-corrected chi connectivity index (χ3v) is 5.15. The number of hydrogen-bond donors (Lipinski definition) is 0. The highest BCUT2D eigenvalue weighted by molar-refractivity contribution is 6.07. The van der Waals surface area contributed by atoms with Crippen molar-refractivity contribution in [1.29, 1.82) is 0 Å². The van der Waals surface area contributed by atoms with E-state index in [0.29, 0.717) is 0 Å². The maximum absolute atomic E-state index is 12.6. The number of carbonyl (C=O) groups is 1. The van der Waals surface area contributed by atoms with Crippen molar-refractivity contribution in [2.45, 2.75) is 26.4 Å². The number of rotatable bonds is 4. The maximum atomic E-state index is 12.6. The van der Waals surface area contributed by atoms with Gasteiger partial charge in [-0.05, 0) is 36.8 Å². The normalized spacial score (nSPS) is 15.6. The molecule has 0 saturated heterocycles. The van der Waals surface area contributed by atoms with Gasteiger partial charge in [-0.25, -0.2) is 0 Å². The minimum Gasteiger partial charge on any atom is -0.360 e. The highest BCUT2D eigenvalue weighted by Crippen LogP contribution is 2.38. The number of hydrogen-bond acceptors (Lipinski definition) is 2. The monoisotopic (exact) mass is 368 g/mol. The van der Waals surface area contributed by atoms with Gasteiger partial charge in [0.15, 0.2) is 0 Å². The van der Waals surface area contributed by atoms with E-state index in [1.54, 1.807) is 6.92 Å². The third kappa shape index (κ3) is 3.44. The minimum absolute atomic E-state index is 0.0102. The lowest BCUT2D eigenvalue weighted by atomic mass is 9.98. The quantitative estimate of drug-likeness (QED) is 0.608. The fraction of sp³-hybridized carbons (Fsp3) is 0.160. The summed E-state index contributed by atoms with van der Waals surface area (Å²) in [5.41, 5.74) is 5.34. The molecule has 1 aliphatic heterocycles. The Morgan fingerprint density at radius 2 is 1.50 bits per heavy atom. The summed E-state index contributed by atoms with van der Waals surface area (Å²) < 4.78 is 0. The molecule has 0 saturated carbocycles. The summed E-state index contributed by atoms with van der Waals surface area (Å²) >= 11 is 0. The molecule has 4 rings (SSSR count). The van der Waals surface area contributed by atoms with Crippen molar-refractivity contribution in [1.82, 2.24) is 0 Å². The number of anilines is 2. The SMILES string of the molecule is CC(=O)N(C1=CC(C)N(Cc2ccccc2)c2ccccc21)c1ccccc1. The van der Waals surface area contributed by atoms with Gasteiger partial charge in [-0.1, -0.05) is 66.7 Å². The first-order valence-corrected chi connectivity index (χ1v) is 9.62. The van der Waals surface area contributed by atoms with Crippen molar-refractivity contribution in [3.8, 4) is 0 Å². The van der Waals surface area contributed by atoms with Crippen molar-refractivity contribution in [2.24, 2.45) is 0 Å². The van der Waals surface area contributed by atoms with Gasteiger partial charge in [-0.3, -0.25) is 9.69 Å². The van der Waals surface area contributed by atoms with Crippen LogP contribution in [0.5, 0.6) is 0 Å². The van der Waals surface area contributed by atoms with Crippen LogP contribution in [-0.2, 0) is 11.3 Å². The fourth-order valence-electron chi connectivity index (χ4n) is 3.84. The van der Waals surface area contributed by atoms with Gasteiger partial charge < -0.3 is 4.90 Å². The lowest BCUT2D eigenvalue weighted by Crippen LogP contribution is -2.38. The Morgan fingerprint density at radius 1 is 0.893 bits per heavy atom.